The van der Waals surface area contributed by atoms with Crippen LogP contribution in [0.3, 0.4) is 0 Å². The van der Waals surface area contributed by atoms with Crippen molar-refractivity contribution in [3.63, 3.8) is 0 Å². The molecule has 0 aliphatic carbocycles. The highest BCUT2D eigenvalue weighted by Crippen LogP contribution is 2.27. The molecule has 1 N–H and O–H groups in total. The monoisotopic (exact) mass is 301 g/mol. The van der Waals surface area contributed by atoms with E-state index in [0.717, 1.165) is 12.0 Å². The molecule has 1 aromatic rings. The number of rotatable bonds is 6. The van der Waals surface area contributed by atoms with Gasteiger partial charge in [0.05, 0.1) is 19.5 Å². The minimum Gasteiger partial charge on any atom is -0.493 e. The van der Waals surface area contributed by atoms with Crippen LogP contribution in [0.4, 0.5) is 0 Å². The SMILES string of the molecule is COc1ccc(CCNC(=O)CBr)cc1OC. The molecule has 0 aliphatic heterocycles. The second-order valence-corrected chi connectivity index (χ2v) is 3.98. The van der Waals surface area contributed by atoms with Crippen molar-refractivity contribution < 1.29 is 14.3 Å². The fraction of sp³-hybridized carbons (Fsp3) is 0.417. The van der Waals surface area contributed by atoms with Crippen molar-refractivity contribution in [2.45, 2.75) is 6.42 Å². The Bertz CT molecular complexity index is 382. The summed E-state index contributed by atoms with van der Waals surface area (Å²) in [6.07, 6.45) is 0.763. The molecule has 0 radical (unpaired) electrons. The lowest BCUT2D eigenvalue weighted by molar-refractivity contribution is -0.118. The summed E-state index contributed by atoms with van der Waals surface area (Å²) in [6, 6.07) is 5.74. The molecule has 0 bridgehead atoms. The number of alkyl halides is 1. The zero-order chi connectivity index (χ0) is 12.7. The fourth-order valence-corrected chi connectivity index (χ4v) is 1.63. The van der Waals surface area contributed by atoms with Gasteiger partial charge in [-0.05, 0) is 24.1 Å². The van der Waals surface area contributed by atoms with Gasteiger partial charge in [-0.25, -0.2) is 0 Å². The van der Waals surface area contributed by atoms with E-state index >= 15 is 0 Å². The van der Waals surface area contributed by atoms with Crippen molar-refractivity contribution in [1.29, 1.82) is 0 Å². The number of benzene rings is 1. The van der Waals surface area contributed by atoms with Crippen LogP contribution in [0.1, 0.15) is 5.56 Å². The molecule has 0 heterocycles. The van der Waals surface area contributed by atoms with Gasteiger partial charge in [0, 0.05) is 6.54 Å². The summed E-state index contributed by atoms with van der Waals surface area (Å²) >= 11 is 3.09. The van der Waals surface area contributed by atoms with Gasteiger partial charge in [-0.2, -0.15) is 0 Å². The molecule has 0 aliphatic rings. The number of halogens is 1. The van der Waals surface area contributed by atoms with Crippen LogP contribution < -0.4 is 14.8 Å². The van der Waals surface area contributed by atoms with Gasteiger partial charge < -0.3 is 14.8 Å². The van der Waals surface area contributed by atoms with Crippen LogP contribution >= 0.6 is 15.9 Å². The molecular weight excluding hydrogens is 286 g/mol. The van der Waals surface area contributed by atoms with Crippen molar-refractivity contribution >= 4 is 21.8 Å². The van der Waals surface area contributed by atoms with E-state index in [-0.39, 0.29) is 5.91 Å². The lowest BCUT2D eigenvalue weighted by Crippen LogP contribution is -2.26. The smallest absolute Gasteiger partial charge is 0.230 e. The molecule has 1 amide bonds. The van der Waals surface area contributed by atoms with Crippen LogP contribution in [0.5, 0.6) is 11.5 Å². The maximum absolute atomic E-state index is 11.0. The maximum atomic E-state index is 11.0. The van der Waals surface area contributed by atoms with Crippen molar-refractivity contribution in [2.24, 2.45) is 0 Å². The van der Waals surface area contributed by atoms with Crippen LogP contribution in [0, 0.1) is 0 Å². The Labute approximate surface area is 109 Å². The van der Waals surface area contributed by atoms with Gasteiger partial charge in [0.25, 0.3) is 0 Å². The summed E-state index contributed by atoms with van der Waals surface area (Å²) in [4.78, 5) is 11.0. The Morgan fingerprint density at radius 2 is 2.00 bits per heavy atom. The van der Waals surface area contributed by atoms with Gasteiger partial charge in [0.1, 0.15) is 0 Å². The average Bonchev–Trinajstić information content (AvgIpc) is 2.38. The maximum Gasteiger partial charge on any atom is 0.230 e. The molecule has 17 heavy (non-hydrogen) atoms. The number of carbonyl (C=O) groups is 1. The first-order chi connectivity index (χ1) is 8.21. The van der Waals surface area contributed by atoms with Gasteiger partial charge in [0.15, 0.2) is 11.5 Å². The number of ether oxygens (including phenoxy) is 2. The summed E-state index contributed by atoms with van der Waals surface area (Å²) in [5.74, 6) is 1.41. The number of amides is 1. The Morgan fingerprint density at radius 1 is 1.29 bits per heavy atom. The third-order valence-electron chi connectivity index (χ3n) is 2.31. The lowest BCUT2D eigenvalue weighted by atomic mass is 10.1. The number of hydrogen-bond donors (Lipinski definition) is 1. The van der Waals surface area contributed by atoms with E-state index < -0.39 is 0 Å². The third kappa shape index (κ3) is 4.26. The second kappa shape index (κ2) is 7.17. The van der Waals surface area contributed by atoms with E-state index in [1.54, 1.807) is 14.2 Å². The predicted octanol–water partition coefficient (Wildman–Crippen LogP) is 1.76. The molecule has 94 valence electrons. The standard InChI is InChI=1S/C12H16BrNO3/c1-16-10-4-3-9(7-11(10)17-2)5-6-14-12(15)8-13/h3-4,7H,5-6,8H2,1-2H3,(H,14,15). The lowest BCUT2D eigenvalue weighted by Gasteiger charge is -2.09. The van der Waals surface area contributed by atoms with Gasteiger partial charge in [0.2, 0.25) is 5.91 Å². The first-order valence-corrected chi connectivity index (χ1v) is 6.37. The van der Waals surface area contributed by atoms with Gasteiger partial charge in [-0.1, -0.05) is 22.0 Å². The molecule has 4 nitrogen and oxygen atoms in total. The zero-order valence-electron chi connectivity index (χ0n) is 9.96. The predicted molar refractivity (Wildman–Crippen MR) is 70.1 cm³/mol. The Balaban J connectivity index is 2.57. The molecule has 1 aromatic carbocycles. The first-order valence-electron chi connectivity index (χ1n) is 5.24. The highest BCUT2D eigenvalue weighted by Gasteiger charge is 2.04. The third-order valence-corrected chi connectivity index (χ3v) is 2.81. The topological polar surface area (TPSA) is 47.6 Å². The molecule has 0 saturated carbocycles. The van der Waals surface area contributed by atoms with E-state index in [1.807, 2.05) is 18.2 Å². The van der Waals surface area contributed by atoms with E-state index in [0.29, 0.717) is 23.4 Å². The van der Waals surface area contributed by atoms with Crippen LogP contribution in [-0.4, -0.2) is 32.0 Å². The minimum atomic E-state index is -0.00882. The number of nitrogens with one attached hydrogen (secondary N) is 1. The van der Waals surface area contributed by atoms with Crippen molar-refractivity contribution in [2.75, 3.05) is 26.1 Å². The van der Waals surface area contributed by atoms with Crippen LogP contribution in [-0.2, 0) is 11.2 Å². The van der Waals surface area contributed by atoms with Crippen LogP contribution in [0.2, 0.25) is 0 Å². The molecule has 0 aromatic heterocycles. The van der Waals surface area contributed by atoms with Crippen LogP contribution in [0.25, 0.3) is 0 Å². The van der Waals surface area contributed by atoms with E-state index in [1.165, 1.54) is 0 Å². The summed E-state index contributed by atoms with van der Waals surface area (Å²) in [7, 11) is 3.21. The molecule has 0 fully saturated rings. The number of hydrogen-bond acceptors (Lipinski definition) is 3. The minimum absolute atomic E-state index is 0.00882. The molecule has 0 saturated heterocycles. The van der Waals surface area contributed by atoms with Crippen molar-refractivity contribution in [1.82, 2.24) is 5.32 Å². The van der Waals surface area contributed by atoms with E-state index in [9.17, 15) is 4.79 Å². The number of carbonyl (C=O) groups excluding carboxylic acids is 1. The normalized spacial score (nSPS) is 9.82. The van der Waals surface area contributed by atoms with Gasteiger partial charge in [-0.15, -0.1) is 0 Å². The zero-order valence-corrected chi connectivity index (χ0v) is 11.5. The summed E-state index contributed by atoms with van der Waals surface area (Å²) < 4.78 is 10.4. The van der Waals surface area contributed by atoms with E-state index in [2.05, 4.69) is 21.2 Å². The molecule has 5 heteroatoms. The summed E-state index contributed by atoms with van der Waals surface area (Å²) in [5, 5.41) is 3.12. The van der Waals surface area contributed by atoms with E-state index in [4.69, 9.17) is 9.47 Å². The molecule has 0 spiro atoms. The Kier molecular flexibility index (Phi) is 5.83. The summed E-state index contributed by atoms with van der Waals surface area (Å²) in [6.45, 7) is 0.611. The van der Waals surface area contributed by atoms with Gasteiger partial charge in [-0.3, -0.25) is 4.79 Å². The molecule has 0 atom stereocenters. The molecule has 1 rings (SSSR count). The quantitative estimate of drug-likeness (QED) is 0.815. The van der Waals surface area contributed by atoms with Crippen LogP contribution in [0.15, 0.2) is 18.2 Å². The Morgan fingerprint density at radius 3 is 2.59 bits per heavy atom. The second-order valence-electron chi connectivity index (χ2n) is 3.42. The molecule has 0 unspecified atom stereocenters. The highest BCUT2D eigenvalue weighted by molar-refractivity contribution is 9.09. The fourth-order valence-electron chi connectivity index (χ4n) is 1.43. The van der Waals surface area contributed by atoms with Crippen molar-refractivity contribution in [3.05, 3.63) is 23.8 Å². The highest BCUT2D eigenvalue weighted by atomic mass is 79.9. The summed E-state index contributed by atoms with van der Waals surface area (Å²) in [5.41, 5.74) is 1.09. The molecular formula is C12H16BrNO3. The Hall–Kier alpha value is -1.23. The van der Waals surface area contributed by atoms with Crippen molar-refractivity contribution in [3.8, 4) is 11.5 Å². The van der Waals surface area contributed by atoms with Gasteiger partial charge >= 0.3 is 0 Å². The largest absolute Gasteiger partial charge is 0.493 e. The average molecular weight is 302 g/mol. The first kappa shape index (κ1) is 13.8. The number of methoxy groups -OCH3 is 2.